The van der Waals surface area contributed by atoms with E-state index in [1.165, 1.54) is 5.56 Å². The standard InChI is InChI=1S/C15H21NO3/c1-10(2)16-15(18)9-19-12-7-6-11-4-3-5-14(17)13(11)8-12/h6-8,10,14,17H,3-5,9H2,1-2H3,(H,16,18)/t14-/m1/s1. The molecule has 0 spiro atoms. The van der Waals surface area contributed by atoms with E-state index in [0.29, 0.717) is 5.75 Å². The fourth-order valence-electron chi connectivity index (χ4n) is 2.35. The molecule has 2 rings (SSSR count). The second-order valence-electron chi connectivity index (χ2n) is 5.28. The molecule has 0 saturated heterocycles. The lowest BCUT2D eigenvalue weighted by atomic mass is 9.89. The Morgan fingerprint density at radius 2 is 2.32 bits per heavy atom. The van der Waals surface area contributed by atoms with Crippen molar-refractivity contribution in [2.45, 2.75) is 45.3 Å². The summed E-state index contributed by atoms with van der Waals surface area (Å²) in [6.07, 6.45) is 2.41. The molecule has 1 aliphatic carbocycles. The maximum Gasteiger partial charge on any atom is 0.258 e. The Balaban J connectivity index is 1.98. The number of aliphatic hydroxyl groups is 1. The van der Waals surface area contributed by atoms with Gasteiger partial charge in [0.05, 0.1) is 6.10 Å². The summed E-state index contributed by atoms with van der Waals surface area (Å²) in [6, 6.07) is 5.80. The Bertz CT molecular complexity index is 457. The van der Waals surface area contributed by atoms with Gasteiger partial charge in [0, 0.05) is 6.04 Å². The van der Waals surface area contributed by atoms with Crippen molar-refractivity contribution in [2.75, 3.05) is 6.61 Å². The van der Waals surface area contributed by atoms with Crippen LogP contribution in [0.4, 0.5) is 0 Å². The third kappa shape index (κ3) is 3.70. The summed E-state index contributed by atoms with van der Waals surface area (Å²) in [4.78, 5) is 11.5. The zero-order chi connectivity index (χ0) is 13.8. The fourth-order valence-corrected chi connectivity index (χ4v) is 2.35. The number of carbonyl (C=O) groups excluding carboxylic acids is 1. The van der Waals surface area contributed by atoms with Gasteiger partial charge in [0.15, 0.2) is 6.61 Å². The van der Waals surface area contributed by atoms with Crippen molar-refractivity contribution < 1.29 is 14.6 Å². The van der Waals surface area contributed by atoms with Crippen LogP contribution in [0.2, 0.25) is 0 Å². The average Bonchev–Trinajstić information content (AvgIpc) is 2.36. The molecule has 1 aromatic rings. The molecule has 0 aromatic heterocycles. The molecule has 0 unspecified atom stereocenters. The fraction of sp³-hybridized carbons (Fsp3) is 0.533. The number of hydrogen-bond acceptors (Lipinski definition) is 3. The van der Waals surface area contributed by atoms with Gasteiger partial charge in [0.25, 0.3) is 5.91 Å². The second-order valence-corrected chi connectivity index (χ2v) is 5.28. The van der Waals surface area contributed by atoms with Gasteiger partial charge in [0.2, 0.25) is 0 Å². The lowest BCUT2D eigenvalue weighted by Crippen LogP contribution is -2.34. The quantitative estimate of drug-likeness (QED) is 0.873. The topological polar surface area (TPSA) is 58.6 Å². The Hall–Kier alpha value is -1.55. The smallest absolute Gasteiger partial charge is 0.258 e. The molecule has 104 valence electrons. The molecule has 0 heterocycles. The number of amides is 1. The van der Waals surface area contributed by atoms with E-state index in [4.69, 9.17) is 4.74 Å². The van der Waals surface area contributed by atoms with Crippen LogP contribution in [0.15, 0.2) is 18.2 Å². The Morgan fingerprint density at radius 1 is 1.53 bits per heavy atom. The summed E-state index contributed by atoms with van der Waals surface area (Å²) in [5.74, 6) is 0.506. The van der Waals surface area contributed by atoms with Crippen LogP contribution in [0.1, 0.15) is 43.9 Å². The van der Waals surface area contributed by atoms with Gasteiger partial charge in [-0.1, -0.05) is 6.07 Å². The van der Waals surface area contributed by atoms with Crippen LogP contribution < -0.4 is 10.1 Å². The highest BCUT2D eigenvalue weighted by Gasteiger charge is 2.18. The zero-order valence-corrected chi connectivity index (χ0v) is 11.5. The van der Waals surface area contributed by atoms with Crippen LogP contribution in [0.5, 0.6) is 5.75 Å². The molecule has 0 bridgehead atoms. The van der Waals surface area contributed by atoms with Crippen molar-refractivity contribution in [2.24, 2.45) is 0 Å². The lowest BCUT2D eigenvalue weighted by Gasteiger charge is -2.22. The van der Waals surface area contributed by atoms with Gasteiger partial charge in [-0.05, 0) is 56.4 Å². The maximum absolute atomic E-state index is 11.5. The van der Waals surface area contributed by atoms with E-state index in [9.17, 15) is 9.90 Å². The summed E-state index contributed by atoms with van der Waals surface area (Å²) in [6.45, 7) is 3.83. The number of benzene rings is 1. The van der Waals surface area contributed by atoms with E-state index >= 15 is 0 Å². The normalized spacial score (nSPS) is 18.0. The lowest BCUT2D eigenvalue weighted by molar-refractivity contribution is -0.123. The highest BCUT2D eigenvalue weighted by atomic mass is 16.5. The summed E-state index contributed by atoms with van der Waals surface area (Å²) < 4.78 is 5.46. The van der Waals surface area contributed by atoms with Crippen molar-refractivity contribution in [1.82, 2.24) is 5.32 Å². The molecule has 1 atom stereocenters. The average molecular weight is 263 g/mol. The number of aryl methyl sites for hydroxylation is 1. The highest BCUT2D eigenvalue weighted by Crippen LogP contribution is 2.32. The third-order valence-electron chi connectivity index (χ3n) is 3.22. The first-order chi connectivity index (χ1) is 9.06. The molecule has 0 radical (unpaired) electrons. The molecule has 1 aliphatic rings. The van der Waals surface area contributed by atoms with E-state index in [-0.39, 0.29) is 18.6 Å². The number of nitrogens with one attached hydrogen (secondary N) is 1. The molecule has 19 heavy (non-hydrogen) atoms. The summed E-state index contributed by atoms with van der Waals surface area (Å²) in [5, 5.41) is 12.7. The van der Waals surface area contributed by atoms with Crippen molar-refractivity contribution in [3.05, 3.63) is 29.3 Å². The first kappa shape index (κ1) is 13.9. The van der Waals surface area contributed by atoms with Crippen LogP contribution in [-0.2, 0) is 11.2 Å². The van der Waals surface area contributed by atoms with Gasteiger partial charge in [0.1, 0.15) is 5.75 Å². The van der Waals surface area contributed by atoms with Crippen molar-refractivity contribution in [3.63, 3.8) is 0 Å². The van der Waals surface area contributed by atoms with Gasteiger partial charge in [-0.2, -0.15) is 0 Å². The maximum atomic E-state index is 11.5. The van der Waals surface area contributed by atoms with E-state index < -0.39 is 6.10 Å². The second kappa shape index (κ2) is 6.06. The molecule has 1 amide bonds. The number of aliphatic hydroxyl groups excluding tert-OH is 1. The Labute approximate surface area is 113 Å². The van der Waals surface area contributed by atoms with Crippen LogP contribution in [0.25, 0.3) is 0 Å². The Morgan fingerprint density at radius 3 is 3.05 bits per heavy atom. The molecule has 0 aliphatic heterocycles. The molecule has 0 fully saturated rings. The number of hydrogen-bond donors (Lipinski definition) is 2. The molecule has 4 nitrogen and oxygen atoms in total. The summed E-state index contributed by atoms with van der Waals surface area (Å²) >= 11 is 0. The number of rotatable bonds is 4. The molecule has 2 N–H and O–H groups in total. The summed E-state index contributed by atoms with van der Waals surface area (Å²) in [5.41, 5.74) is 2.12. The first-order valence-electron chi connectivity index (χ1n) is 6.79. The zero-order valence-electron chi connectivity index (χ0n) is 11.5. The SMILES string of the molecule is CC(C)NC(=O)COc1ccc2c(c1)[C@H](O)CCC2. The summed E-state index contributed by atoms with van der Waals surface area (Å²) in [7, 11) is 0. The van der Waals surface area contributed by atoms with Crippen LogP contribution in [-0.4, -0.2) is 23.7 Å². The van der Waals surface area contributed by atoms with Crippen LogP contribution in [0.3, 0.4) is 0 Å². The number of carbonyl (C=O) groups is 1. The molecule has 0 saturated carbocycles. The van der Waals surface area contributed by atoms with E-state index in [2.05, 4.69) is 5.32 Å². The van der Waals surface area contributed by atoms with Crippen molar-refractivity contribution >= 4 is 5.91 Å². The minimum atomic E-state index is -0.406. The number of fused-ring (bicyclic) bond motifs is 1. The molecular formula is C15H21NO3. The van der Waals surface area contributed by atoms with Gasteiger partial charge < -0.3 is 15.2 Å². The predicted octanol–water partition coefficient (Wildman–Crippen LogP) is 1.96. The van der Waals surface area contributed by atoms with E-state index in [1.807, 2.05) is 32.0 Å². The highest BCUT2D eigenvalue weighted by molar-refractivity contribution is 5.77. The third-order valence-corrected chi connectivity index (χ3v) is 3.22. The number of ether oxygens (including phenoxy) is 1. The van der Waals surface area contributed by atoms with E-state index in [0.717, 1.165) is 24.8 Å². The van der Waals surface area contributed by atoms with Gasteiger partial charge in [-0.15, -0.1) is 0 Å². The van der Waals surface area contributed by atoms with Gasteiger partial charge >= 0.3 is 0 Å². The van der Waals surface area contributed by atoms with Crippen molar-refractivity contribution in [1.29, 1.82) is 0 Å². The predicted molar refractivity (Wildman–Crippen MR) is 73.1 cm³/mol. The molecule has 1 aromatic carbocycles. The minimum absolute atomic E-state index is 0.00701. The van der Waals surface area contributed by atoms with Crippen LogP contribution in [0, 0.1) is 0 Å². The van der Waals surface area contributed by atoms with Crippen molar-refractivity contribution in [3.8, 4) is 5.75 Å². The van der Waals surface area contributed by atoms with Gasteiger partial charge in [-0.3, -0.25) is 4.79 Å². The monoisotopic (exact) mass is 263 g/mol. The minimum Gasteiger partial charge on any atom is -0.484 e. The van der Waals surface area contributed by atoms with Gasteiger partial charge in [-0.25, -0.2) is 0 Å². The van der Waals surface area contributed by atoms with Crippen LogP contribution >= 0.6 is 0 Å². The first-order valence-corrected chi connectivity index (χ1v) is 6.79. The molecular weight excluding hydrogens is 242 g/mol. The Kier molecular flexibility index (Phi) is 4.43. The van der Waals surface area contributed by atoms with E-state index in [1.54, 1.807) is 0 Å². The molecule has 4 heteroatoms. The largest absolute Gasteiger partial charge is 0.484 e.